The second-order valence-corrected chi connectivity index (χ2v) is 11.0. The molecular weight excluding hydrogens is 552 g/mol. The van der Waals surface area contributed by atoms with Crippen molar-refractivity contribution in [1.82, 2.24) is 4.57 Å². The molecule has 3 heterocycles. The first-order chi connectivity index (χ1) is 19.0. The van der Waals surface area contributed by atoms with Crippen LogP contribution in [0.1, 0.15) is 54.1 Å². The lowest BCUT2D eigenvalue weighted by atomic mass is 9.96. The van der Waals surface area contributed by atoms with Crippen LogP contribution in [0.25, 0.3) is 17.4 Å². The van der Waals surface area contributed by atoms with Gasteiger partial charge in [0, 0.05) is 16.7 Å². The number of allylic oxidation sites excluding steroid dienone is 1. The van der Waals surface area contributed by atoms with Crippen LogP contribution in [0.2, 0.25) is 5.02 Å². The third-order valence-corrected chi connectivity index (χ3v) is 7.73. The molecule has 2 aromatic carbocycles. The van der Waals surface area contributed by atoms with E-state index in [1.54, 1.807) is 82.3 Å². The minimum atomic E-state index is -1.02. The Bertz CT molecular complexity index is 1860. The maximum Gasteiger partial charge on any atom is 0.338 e. The molecular formula is C30H25ClN2O6S. The van der Waals surface area contributed by atoms with Crippen LogP contribution in [-0.2, 0) is 9.53 Å². The van der Waals surface area contributed by atoms with Gasteiger partial charge in [-0.3, -0.25) is 9.36 Å². The highest BCUT2D eigenvalue weighted by Gasteiger charge is 2.33. The zero-order valence-electron chi connectivity index (χ0n) is 22.1. The Kier molecular flexibility index (Phi) is 7.35. The normalized spacial score (nSPS) is 15.2. The van der Waals surface area contributed by atoms with E-state index in [9.17, 15) is 19.5 Å². The number of ether oxygens (including phenoxy) is 1. The summed E-state index contributed by atoms with van der Waals surface area (Å²) in [6, 6.07) is 14.6. The molecule has 0 spiro atoms. The van der Waals surface area contributed by atoms with E-state index in [-0.39, 0.29) is 22.8 Å². The van der Waals surface area contributed by atoms with E-state index in [4.69, 9.17) is 20.8 Å². The first-order valence-corrected chi connectivity index (χ1v) is 13.7. The molecule has 10 heteroatoms. The lowest BCUT2D eigenvalue weighted by Crippen LogP contribution is -2.40. The van der Waals surface area contributed by atoms with E-state index in [1.165, 1.54) is 22.0 Å². The fourth-order valence-electron chi connectivity index (χ4n) is 4.66. The lowest BCUT2D eigenvalue weighted by molar-refractivity contribution is -0.143. The Morgan fingerprint density at radius 2 is 1.85 bits per heavy atom. The molecule has 0 radical (unpaired) electrons. The number of aromatic carboxylic acids is 1. The molecule has 0 fully saturated rings. The number of carboxylic acids is 1. The molecule has 4 aromatic rings. The summed E-state index contributed by atoms with van der Waals surface area (Å²) in [7, 11) is 0. The predicted molar refractivity (Wildman–Crippen MR) is 152 cm³/mol. The number of rotatable bonds is 6. The van der Waals surface area contributed by atoms with Crippen molar-refractivity contribution in [2.45, 2.75) is 39.8 Å². The van der Waals surface area contributed by atoms with Gasteiger partial charge in [0.05, 0.1) is 33.5 Å². The molecule has 8 nitrogen and oxygen atoms in total. The molecule has 5 rings (SSSR count). The van der Waals surface area contributed by atoms with E-state index in [0.717, 1.165) is 0 Å². The molecule has 0 bridgehead atoms. The third-order valence-electron chi connectivity index (χ3n) is 6.50. The summed E-state index contributed by atoms with van der Waals surface area (Å²) >= 11 is 7.30. The summed E-state index contributed by atoms with van der Waals surface area (Å²) in [5.74, 6) is -0.665. The van der Waals surface area contributed by atoms with E-state index in [2.05, 4.69) is 4.99 Å². The van der Waals surface area contributed by atoms with Gasteiger partial charge in [0.15, 0.2) is 4.80 Å². The Morgan fingerprint density at radius 1 is 1.12 bits per heavy atom. The van der Waals surface area contributed by atoms with Crippen LogP contribution < -0.4 is 14.9 Å². The number of halogens is 1. The number of fused-ring (bicyclic) bond motifs is 1. The number of carboxylic acid groups (broad SMARTS) is 1. The van der Waals surface area contributed by atoms with Gasteiger partial charge in [-0.25, -0.2) is 14.6 Å². The van der Waals surface area contributed by atoms with Crippen LogP contribution in [0, 0.1) is 6.92 Å². The van der Waals surface area contributed by atoms with Crippen LogP contribution in [0.3, 0.4) is 0 Å². The van der Waals surface area contributed by atoms with Gasteiger partial charge in [0.25, 0.3) is 5.56 Å². The Morgan fingerprint density at radius 3 is 2.52 bits per heavy atom. The highest BCUT2D eigenvalue weighted by molar-refractivity contribution is 7.07. The van der Waals surface area contributed by atoms with E-state index in [1.807, 2.05) is 0 Å². The number of hydrogen-bond donors (Lipinski definition) is 1. The van der Waals surface area contributed by atoms with Crippen LogP contribution in [-0.4, -0.2) is 27.7 Å². The molecule has 1 aliphatic rings. The van der Waals surface area contributed by atoms with Crippen molar-refractivity contribution in [2.75, 3.05) is 0 Å². The zero-order chi connectivity index (χ0) is 28.7. The number of aromatic nitrogens is 1. The second kappa shape index (κ2) is 10.7. The highest BCUT2D eigenvalue weighted by atomic mass is 35.5. The van der Waals surface area contributed by atoms with Crippen LogP contribution in [0.4, 0.5) is 0 Å². The van der Waals surface area contributed by atoms with E-state index >= 15 is 0 Å². The maximum absolute atomic E-state index is 13.8. The topological polar surface area (TPSA) is 111 Å². The standard InChI is InChI=1S/C30H25ClN2O6S/c1-15(2)38-29(37)25-17(4)32-30-33(26(25)18-8-10-19(31)11-9-18)27(34)24(40-30)14-20-12-13-23(39-20)21-6-5-7-22(16(21)3)28(35)36/h5-15,26H,1-4H3,(H,35,36)/b24-14+/t26-/m0/s1. The summed E-state index contributed by atoms with van der Waals surface area (Å²) in [6.07, 6.45) is 1.27. The number of benzene rings is 2. The van der Waals surface area contributed by atoms with Crippen LogP contribution in [0.5, 0.6) is 0 Å². The van der Waals surface area contributed by atoms with Gasteiger partial charge in [-0.05, 0) is 69.2 Å². The van der Waals surface area contributed by atoms with Gasteiger partial charge in [-0.2, -0.15) is 0 Å². The number of nitrogens with zero attached hydrogens (tertiary/aromatic N) is 2. The van der Waals surface area contributed by atoms with Gasteiger partial charge >= 0.3 is 11.9 Å². The number of thiazole rings is 1. The van der Waals surface area contributed by atoms with Gasteiger partial charge in [-0.1, -0.05) is 47.2 Å². The summed E-state index contributed by atoms with van der Waals surface area (Å²) in [4.78, 5) is 43.6. The molecule has 1 aliphatic heterocycles. The molecule has 0 unspecified atom stereocenters. The molecule has 204 valence electrons. The van der Waals surface area contributed by atoms with Crippen molar-refractivity contribution in [3.8, 4) is 11.3 Å². The molecule has 1 atom stereocenters. The van der Waals surface area contributed by atoms with Gasteiger partial charge in [-0.15, -0.1) is 0 Å². The van der Waals surface area contributed by atoms with Crippen molar-refractivity contribution in [2.24, 2.45) is 4.99 Å². The van der Waals surface area contributed by atoms with Crippen molar-refractivity contribution >= 4 is 41.0 Å². The second-order valence-electron chi connectivity index (χ2n) is 9.57. The third kappa shape index (κ3) is 5.05. The molecule has 0 amide bonds. The fraction of sp³-hybridized carbons (Fsp3) is 0.200. The fourth-order valence-corrected chi connectivity index (χ4v) is 5.81. The lowest BCUT2D eigenvalue weighted by Gasteiger charge is -2.25. The van der Waals surface area contributed by atoms with Crippen molar-refractivity contribution in [3.63, 3.8) is 0 Å². The summed E-state index contributed by atoms with van der Waals surface area (Å²) in [6.45, 7) is 6.97. The predicted octanol–water partition coefficient (Wildman–Crippen LogP) is 5.11. The smallest absolute Gasteiger partial charge is 0.338 e. The van der Waals surface area contributed by atoms with Crippen LogP contribution in [0.15, 0.2) is 80.1 Å². The minimum absolute atomic E-state index is 0.188. The minimum Gasteiger partial charge on any atom is -0.478 e. The molecule has 1 N–H and O–H groups in total. The molecule has 2 aromatic heterocycles. The van der Waals surface area contributed by atoms with Gasteiger partial charge in [0.2, 0.25) is 0 Å². The average Bonchev–Trinajstić information content (AvgIpc) is 3.47. The van der Waals surface area contributed by atoms with Gasteiger partial charge < -0.3 is 14.3 Å². The summed E-state index contributed by atoms with van der Waals surface area (Å²) in [5, 5.41) is 9.99. The molecule has 0 saturated carbocycles. The van der Waals surface area contributed by atoms with Gasteiger partial charge in [0.1, 0.15) is 11.5 Å². The summed E-state index contributed by atoms with van der Waals surface area (Å²) < 4.78 is 13.4. The molecule has 0 saturated heterocycles. The quantitative estimate of drug-likeness (QED) is 0.319. The molecule has 0 aliphatic carbocycles. The monoisotopic (exact) mass is 576 g/mol. The Balaban J connectivity index is 1.62. The summed E-state index contributed by atoms with van der Waals surface area (Å²) in [5.41, 5.74) is 2.51. The molecule has 40 heavy (non-hydrogen) atoms. The average molecular weight is 577 g/mol. The number of furan rings is 1. The number of esters is 1. The van der Waals surface area contributed by atoms with E-state index in [0.29, 0.717) is 48.3 Å². The van der Waals surface area contributed by atoms with E-state index < -0.39 is 18.0 Å². The number of carbonyl (C=O) groups excluding carboxylic acids is 1. The number of hydrogen-bond acceptors (Lipinski definition) is 7. The first kappa shape index (κ1) is 27.4. The van der Waals surface area contributed by atoms with Crippen molar-refractivity contribution < 1.29 is 23.8 Å². The number of carbonyl (C=O) groups is 2. The SMILES string of the molecule is CC1=C(C(=O)OC(C)C)[C@H](c2ccc(Cl)cc2)n2c(s/c(=C/c3ccc(-c4cccc(C(=O)O)c4C)o3)c2=O)=N1. The Labute approximate surface area is 238 Å². The highest BCUT2D eigenvalue weighted by Crippen LogP contribution is 2.32. The largest absolute Gasteiger partial charge is 0.478 e. The Hall–Kier alpha value is -4.21. The maximum atomic E-state index is 13.8. The zero-order valence-corrected chi connectivity index (χ0v) is 23.7. The van der Waals surface area contributed by atoms with Crippen molar-refractivity contribution in [1.29, 1.82) is 0 Å². The first-order valence-electron chi connectivity index (χ1n) is 12.5. The van der Waals surface area contributed by atoms with Crippen molar-refractivity contribution in [3.05, 3.63) is 113 Å². The van der Waals surface area contributed by atoms with Crippen LogP contribution >= 0.6 is 22.9 Å².